The van der Waals surface area contributed by atoms with Crippen molar-refractivity contribution in [2.24, 2.45) is 0 Å². The second-order valence-electron chi connectivity index (χ2n) is 5.21. The van der Waals surface area contributed by atoms with Gasteiger partial charge in [0.25, 0.3) is 5.91 Å². The number of morpholine rings is 1. The van der Waals surface area contributed by atoms with Crippen LogP contribution < -0.4 is 5.32 Å². The molecule has 122 valence electrons. The Kier molecular flexibility index (Phi) is 4.38. The van der Waals surface area contributed by atoms with Gasteiger partial charge in [-0.25, -0.2) is 0 Å². The Bertz CT molecular complexity index is 702. The van der Waals surface area contributed by atoms with Crippen molar-refractivity contribution in [3.63, 3.8) is 0 Å². The van der Waals surface area contributed by atoms with Gasteiger partial charge in [0.2, 0.25) is 11.7 Å². The van der Waals surface area contributed by atoms with E-state index in [9.17, 15) is 9.59 Å². The minimum Gasteiger partial charge on any atom is -0.378 e. The summed E-state index contributed by atoms with van der Waals surface area (Å²) in [7, 11) is 0. The van der Waals surface area contributed by atoms with Gasteiger partial charge in [-0.1, -0.05) is 5.16 Å². The normalized spacial score (nSPS) is 14.7. The van der Waals surface area contributed by atoms with Crippen LogP contribution in [0.25, 0.3) is 0 Å². The smallest absolute Gasteiger partial charge is 0.294 e. The summed E-state index contributed by atoms with van der Waals surface area (Å²) in [6.45, 7) is 4.15. The molecule has 0 bridgehead atoms. The highest BCUT2D eigenvalue weighted by Gasteiger charge is 2.18. The molecule has 0 radical (unpaired) electrons. The lowest BCUT2D eigenvalue weighted by atomic mass is 10.3. The molecule has 0 aromatic carbocycles. The molecule has 1 N–H and O–H groups in total. The number of hydrogen-bond acceptors (Lipinski definition) is 6. The topological polar surface area (TPSA) is 102 Å². The van der Waals surface area contributed by atoms with Crippen LogP contribution in [-0.2, 0) is 16.1 Å². The van der Waals surface area contributed by atoms with E-state index >= 15 is 0 Å². The van der Waals surface area contributed by atoms with Crippen LogP contribution in [0.3, 0.4) is 0 Å². The van der Waals surface area contributed by atoms with Gasteiger partial charge in [-0.2, -0.15) is 5.10 Å². The number of anilines is 1. The number of nitrogens with zero attached hydrogens (tertiary/aromatic N) is 4. The van der Waals surface area contributed by atoms with Crippen molar-refractivity contribution in [1.29, 1.82) is 0 Å². The summed E-state index contributed by atoms with van der Waals surface area (Å²) in [4.78, 5) is 25.8. The lowest BCUT2D eigenvalue weighted by Gasteiger charge is -2.26. The first-order chi connectivity index (χ1) is 11.1. The summed E-state index contributed by atoms with van der Waals surface area (Å²) < 4.78 is 11.6. The third-order valence-corrected chi connectivity index (χ3v) is 3.40. The van der Waals surface area contributed by atoms with Crippen LogP contribution in [0, 0.1) is 6.92 Å². The van der Waals surface area contributed by atoms with Crippen molar-refractivity contribution in [3.05, 3.63) is 29.9 Å². The van der Waals surface area contributed by atoms with Gasteiger partial charge in [0.05, 0.1) is 30.8 Å². The van der Waals surface area contributed by atoms with Crippen LogP contribution >= 0.6 is 0 Å². The van der Waals surface area contributed by atoms with Gasteiger partial charge in [-0.15, -0.1) is 0 Å². The first-order valence-electron chi connectivity index (χ1n) is 7.24. The number of amides is 2. The summed E-state index contributed by atoms with van der Waals surface area (Å²) in [5.74, 6) is -0.315. The standard InChI is InChI=1S/C14H17N5O4/c1-10-6-12(23-17-10)14(21)16-11-7-15-19(8-11)9-13(20)18-2-4-22-5-3-18/h6-8H,2-5,9H2,1H3,(H,16,21). The van der Waals surface area contributed by atoms with Gasteiger partial charge in [-0.3, -0.25) is 14.3 Å². The molecule has 0 unspecified atom stereocenters. The largest absolute Gasteiger partial charge is 0.378 e. The average molecular weight is 319 g/mol. The Hall–Kier alpha value is -2.68. The number of ether oxygens (including phenoxy) is 1. The van der Waals surface area contributed by atoms with Crippen LogP contribution in [0.1, 0.15) is 16.2 Å². The third kappa shape index (κ3) is 3.75. The molecule has 9 nitrogen and oxygen atoms in total. The molecule has 2 aromatic rings. The van der Waals surface area contributed by atoms with Crippen LogP contribution in [0.5, 0.6) is 0 Å². The predicted octanol–water partition coefficient (Wildman–Crippen LogP) is 0.291. The van der Waals surface area contributed by atoms with Crippen LogP contribution in [-0.4, -0.2) is 58.0 Å². The molecular weight excluding hydrogens is 302 g/mol. The second kappa shape index (κ2) is 6.61. The molecular formula is C14H17N5O4. The van der Waals surface area contributed by atoms with Crippen molar-refractivity contribution in [2.75, 3.05) is 31.6 Å². The Labute approximate surface area is 132 Å². The SMILES string of the molecule is Cc1cc(C(=O)Nc2cnn(CC(=O)N3CCOCC3)c2)on1. The fourth-order valence-electron chi connectivity index (χ4n) is 2.23. The molecule has 3 rings (SSSR count). The van der Waals surface area contributed by atoms with E-state index < -0.39 is 5.91 Å². The van der Waals surface area contributed by atoms with E-state index in [1.807, 2.05) is 0 Å². The summed E-state index contributed by atoms with van der Waals surface area (Å²) in [6, 6.07) is 1.54. The molecule has 2 amide bonds. The summed E-state index contributed by atoms with van der Waals surface area (Å²) in [5.41, 5.74) is 1.11. The molecule has 3 heterocycles. The highest BCUT2D eigenvalue weighted by Crippen LogP contribution is 2.10. The number of carbonyl (C=O) groups is 2. The number of nitrogens with one attached hydrogen (secondary N) is 1. The number of carbonyl (C=O) groups excluding carboxylic acids is 2. The monoisotopic (exact) mass is 319 g/mol. The van der Waals surface area contributed by atoms with Crippen molar-refractivity contribution >= 4 is 17.5 Å². The minimum atomic E-state index is -0.412. The van der Waals surface area contributed by atoms with E-state index in [4.69, 9.17) is 9.26 Å². The first-order valence-corrected chi connectivity index (χ1v) is 7.24. The van der Waals surface area contributed by atoms with E-state index in [-0.39, 0.29) is 18.2 Å². The molecule has 0 saturated carbocycles. The highest BCUT2D eigenvalue weighted by molar-refractivity contribution is 6.02. The van der Waals surface area contributed by atoms with Crippen LogP contribution in [0.2, 0.25) is 0 Å². The molecule has 0 spiro atoms. The third-order valence-electron chi connectivity index (χ3n) is 3.40. The molecule has 0 aliphatic carbocycles. The van der Waals surface area contributed by atoms with Crippen LogP contribution in [0.15, 0.2) is 23.0 Å². The minimum absolute atomic E-state index is 0.0277. The molecule has 1 fully saturated rings. The Morgan fingerprint density at radius 2 is 2.13 bits per heavy atom. The Morgan fingerprint density at radius 3 is 2.83 bits per heavy atom. The highest BCUT2D eigenvalue weighted by atomic mass is 16.5. The maximum atomic E-state index is 12.1. The van der Waals surface area contributed by atoms with Gasteiger partial charge < -0.3 is 19.5 Å². The van der Waals surface area contributed by atoms with Gasteiger partial charge >= 0.3 is 0 Å². The fourth-order valence-corrected chi connectivity index (χ4v) is 2.23. The van der Waals surface area contributed by atoms with E-state index in [0.717, 1.165) is 0 Å². The summed E-state index contributed by atoms with van der Waals surface area (Å²) in [6.07, 6.45) is 3.08. The lowest BCUT2D eigenvalue weighted by molar-refractivity contribution is -0.136. The number of rotatable bonds is 4. The molecule has 0 atom stereocenters. The van der Waals surface area contributed by atoms with Crippen LogP contribution in [0.4, 0.5) is 5.69 Å². The van der Waals surface area contributed by atoms with Gasteiger partial charge in [-0.05, 0) is 6.92 Å². The number of aryl methyl sites for hydroxylation is 1. The molecule has 23 heavy (non-hydrogen) atoms. The van der Waals surface area contributed by atoms with E-state index in [1.165, 1.54) is 10.9 Å². The summed E-state index contributed by atoms with van der Waals surface area (Å²) >= 11 is 0. The molecule has 1 aliphatic heterocycles. The maximum absolute atomic E-state index is 12.1. The first kappa shape index (κ1) is 15.2. The zero-order chi connectivity index (χ0) is 16.2. The fraction of sp³-hybridized carbons (Fsp3) is 0.429. The van der Waals surface area contributed by atoms with E-state index in [2.05, 4.69) is 15.6 Å². The molecule has 1 aliphatic rings. The number of hydrogen-bond donors (Lipinski definition) is 1. The molecule has 2 aromatic heterocycles. The quantitative estimate of drug-likeness (QED) is 0.869. The maximum Gasteiger partial charge on any atom is 0.294 e. The van der Waals surface area contributed by atoms with Gasteiger partial charge in [0.15, 0.2) is 0 Å². The molecule has 9 heteroatoms. The summed E-state index contributed by atoms with van der Waals surface area (Å²) in [5, 5.41) is 10.4. The van der Waals surface area contributed by atoms with Crippen molar-refractivity contribution < 1.29 is 18.8 Å². The predicted molar refractivity (Wildman–Crippen MR) is 78.8 cm³/mol. The van der Waals surface area contributed by atoms with E-state index in [0.29, 0.717) is 37.7 Å². The lowest BCUT2D eigenvalue weighted by Crippen LogP contribution is -2.42. The van der Waals surface area contributed by atoms with E-state index in [1.54, 1.807) is 24.1 Å². The molecule has 1 saturated heterocycles. The second-order valence-corrected chi connectivity index (χ2v) is 5.21. The zero-order valence-corrected chi connectivity index (χ0v) is 12.7. The average Bonchev–Trinajstić information content (AvgIpc) is 3.17. The van der Waals surface area contributed by atoms with Gasteiger partial charge in [0, 0.05) is 25.4 Å². The Balaban J connectivity index is 1.57. The number of aromatic nitrogens is 3. The zero-order valence-electron chi connectivity index (χ0n) is 12.7. The van der Waals surface area contributed by atoms with Gasteiger partial charge in [0.1, 0.15) is 6.54 Å². The van der Waals surface area contributed by atoms with Crippen molar-refractivity contribution in [1.82, 2.24) is 19.8 Å². The van der Waals surface area contributed by atoms with Crippen molar-refractivity contribution in [3.8, 4) is 0 Å². The van der Waals surface area contributed by atoms with Crippen molar-refractivity contribution in [2.45, 2.75) is 13.5 Å². The Morgan fingerprint density at radius 1 is 1.35 bits per heavy atom.